The van der Waals surface area contributed by atoms with Crippen molar-refractivity contribution in [1.82, 2.24) is 20.0 Å². The molecular weight excluding hydrogens is 292 g/mol. The summed E-state index contributed by atoms with van der Waals surface area (Å²) in [6.45, 7) is 4.17. The minimum absolute atomic E-state index is 0.136. The maximum absolute atomic E-state index is 12.8. The highest BCUT2D eigenvalue weighted by Crippen LogP contribution is 2.34. The Bertz CT molecular complexity index is 622. The van der Waals surface area contributed by atoms with Crippen molar-refractivity contribution >= 4 is 11.8 Å². The standard InChI is InChI=1S/C17H24N4O2/c1-11-7-15(19-18-11)12-3-2-6-20(9-12)17(23)13-8-16(22)21(10-13)14-4-5-14/h7,12-14H,2-6,8-10H2,1H3,(H,18,19)/t12-,13+/m1/s1. The van der Waals surface area contributed by atoms with Crippen LogP contribution in [0.2, 0.25) is 0 Å². The topological polar surface area (TPSA) is 69.3 Å². The first-order valence-corrected chi connectivity index (χ1v) is 8.72. The molecule has 2 atom stereocenters. The van der Waals surface area contributed by atoms with E-state index < -0.39 is 0 Å². The molecule has 1 saturated carbocycles. The third-order valence-electron chi connectivity index (χ3n) is 5.37. The van der Waals surface area contributed by atoms with Gasteiger partial charge in [-0.1, -0.05) is 0 Å². The summed E-state index contributed by atoms with van der Waals surface area (Å²) < 4.78 is 0. The van der Waals surface area contributed by atoms with Crippen LogP contribution >= 0.6 is 0 Å². The van der Waals surface area contributed by atoms with Crippen molar-refractivity contribution in [3.63, 3.8) is 0 Å². The van der Waals surface area contributed by atoms with E-state index in [4.69, 9.17) is 0 Å². The maximum Gasteiger partial charge on any atom is 0.228 e. The second-order valence-corrected chi connectivity index (χ2v) is 7.28. The summed E-state index contributed by atoms with van der Waals surface area (Å²) in [7, 11) is 0. The molecule has 2 amide bonds. The first kappa shape index (κ1) is 14.7. The van der Waals surface area contributed by atoms with Crippen LogP contribution in [-0.4, -0.2) is 57.5 Å². The molecule has 1 aromatic heterocycles. The van der Waals surface area contributed by atoms with E-state index in [2.05, 4.69) is 16.3 Å². The molecule has 2 saturated heterocycles. The van der Waals surface area contributed by atoms with Gasteiger partial charge >= 0.3 is 0 Å². The molecule has 3 heterocycles. The third-order valence-corrected chi connectivity index (χ3v) is 5.37. The lowest BCUT2D eigenvalue weighted by atomic mass is 9.93. The molecule has 0 aromatic carbocycles. The van der Waals surface area contributed by atoms with Crippen LogP contribution in [0.1, 0.15) is 49.4 Å². The molecule has 6 heteroatoms. The molecule has 3 fully saturated rings. The van der Waals surface area contributed by atoms with E-state index in [9.17, 15) is 9.59 Å². The van der Waals surface area contributed by atoms with E-state index in [1.165, 1.54) is 0 Å². The van der Waals surface area contributed by atoms with E-state index in [0.29, 0.717) is 24.9 Å². The number of hydrogen-bond donors (Lipinski definition) is 1. The van der Waals surface area contributed by atoms with Crippen molar-refractivity contribution in [1.29, 1.82) is 0 Å². The molecule has 0 unspecified atom stereocenters. The number of amides is 2. The average Bonchev–Trinajstić information content (AvgIpc) is 3.19. The van der Waals surface area contributed by atoms with E-state index >= 15 is 0 Å². The van der Waals surface area contributed by atoms with Gasteiger partial charge in [0.05, 0.1) is 11.6 Å². The molecule has 1 N–H and O–H groups in total. The summed E-state index contributed by atoms with van der Waals surface area (Å²) in [5.41, 5.74) is 2.12. The number of aromatic nitrogens is 2. The van der Waals surface area contributed by atoms with Crippen LogP contribution in [0.15, 0.2) is 6.07 Å². The van der Waals surface area contributed by atoms with Crippen LogP contribution in [0.25, 0.3) is 0 Å². The molecule has 1 aromatic rings. The largest absolute Gasteiger partial charge is 0.342 e. The number of nitrogens with zero attached hydrogens (tertiary/aromatic N) is 3. The Labute approximate surface area is 136 Å². The molecule has 0 spiro atoms. The van der Waals surface area contributed by atoms with Gasteiger partial charge in [0.1, 0.15) is 0 Å². The molecule has 0 radical (unpaired) electrons. The van der Waals surface area contributed by atoms with E-state index in [-0.39, 0.29) is 17.7 Å². The number of rotatable bonds is 3. The van der Waals surface area contributed by atoms with Gasteiger partial charge in [-0.05, 0) is 38.7 Å². The molecule has 3 aliphatic rings. The van der Waals surface area contributed by atoms with Crippen molar-refractivity contribution < 1.29 is 9.59 Å². The lowest BCUT2D eigenvalue weighted by Crippen LogP contribution is -2.43. The normalized spacial score (nSPS) is 28.5. The van der Waals surface area contributed by atoms with Gasteiger partial charge in [-0.2, -0.15) is 5.10 Å². The quantitative estimate of drug-likeness (QED) is 0.917. The van der Waals surface area contributed by atoms with Gasteiger partial charge in [0.2, 0.25) is 11.8 Å². The maximum atomic E-state index is 12.8. The van der Waals surface area contributed by atoms with Gasteiger partial charge in [-0.3, -0.25) is 14.7 Å². The number of likely N-dealkylation sites (tertiary alicyclic amines) is 2. The Balaban J connectivity index is 1.41. The number of carbonyl (C=O) groups is 2. The van der Waals surface area contributed by atoms with Gasteiger partial charge in [-0.15, -0.1) is 0 Å². The van der Waals surface area contributed by atoms with Gasteiger partial charge in [0.25, 0.3) is 0 Å². The second-order valence-electron chi connectivity index (χ2n) is 7.28. The average molecular weight is 316 g/mol. The Morgan fingerprint density at radius 1 is 1.30 bits per heavy atom. The second kappa shape index (κ2) is 5.65. The van der Waals surface area contributed by atoms with Crippen LogP contribution in [0, 0.1) is 12.8 Å². The van der Waals surface area contributed by atoms with Crippen molar-refractivity contribution in [2.75, 3.05) is 19.6 Å². The number of nitrogens with one attached hydrogen (secondary N) is 1. The fourth-order valence-electron chi connectivity index (χ4n) is 3.96. The summed E-state index contributed by atoms with van der Waals surface area (Å²) in [4.78, 5) is 28.8. The Morgan fingerprint density at radius 2 is 2.13 bits per heavy atom. The summed E-state index contributed by atoms with van der Waals surface area (Å²) >= 11 is 0. The van der Waals surface area contributed by atoms with Crippen molar-refractivity contribution in [2.24, 2.45) is 5.92 Å². The van der Waals surface area contributed by atoms with E-state index in [1.807, 2.05) is 16.7 Å². The third kappa shape index (κ3) is 2.86. The van der Waals surface area contributed by atoms with Crippen molar-refractivity contribution in [3.8, 4) is 0 Å². The highest BCUT2D eigenvalue weighted by Gasteiger charge is 2.43. The smallest absolute Gasteiger partial charge is 0.228 e. The Kier molecular flexibility index (Phi) is 3.62. The molecule has 1 aliphatic carbocycles. The molecule has 0 bridgehead atoms. The van der Waals surface area contributed by atoms with Gasteiger partial charge in [-0.25, -0.2) is 0 Å². The zero-order valence-corrected chi connectivity index (χ0v) is 13.6. The highest BCUT2D eigenvalue weighted by atomic mass is 16.2. The molecule has 6 nitrogen and oxygen atoms in total. The summed E-state index contributed by atoms with van der Waals surface area (Å²) in [6.07, 6.45) is 4.70. The molecule has 4 rings (SSSR count). The lowest BCUT2D eigenvalue weighted by molar-refractivity contribution is -0.137. The number of piperidine rings is 1. The summed E-state index contributed by atoms with van der Waals surface area (Å²) in [5.74, 6) is 0.512. The fraction of sp³-hybridized carbons (Fsp3) is 0.706. The predicted molar refractivity (Wildman–Crippen MR) is 84.7 cm³/mol. The molecule has 2 aliphatic heterocycles. The number of H-pyrrole nitrogens is 1. The van der Waals surface area contributed by atoms with Crippen LogP contribution in [-0.2, 0) is 9.59 Å². The fourth-order valence-corrected chi connectivity index (χ4v) is 3.96. The van der Waals surface area contributed by atoms with E-state index in [0.717, 1.165) is 50.2 Å². The van der Waals surface area contributed by atoms with Crippen molar-refractivity contribution in [3.05, 3.63) is 17.5 Å². The van der Waals surface area contributed by atoms with Gasteiger partial charge in [0, 0.05) is 43.7 Å². The molecular formula is C17H24N4O2. The monoisotopic (exact) mass is 316 g/mol. The van der Waals surface area contributed by atoms with E-state index in [1.54, 1.807) is 0 Å². The molecule has 124 valence electrons. The number of carbonyl (C=O) groups excluding carboxylic acids is 2. The number of aromatic amines is 1. The zero-order valence-electron chi connectivity index (χ0n) is 13.6. The minimum atomic E-state index is -0.136. The summed E-state index contributed by atoms with van der Waals surface area (Å²) in [5, 5.41) is 7.35. The van der Waals surface area contributed by atoms with Crippen LogP contribution in [0.4, 0.5) is 0 Å². The Morgan fingerprint density at radius 3 is 2.83 bits per heavy atom. The lowest BCUT2D eigenvalue weighted by Gasteiger charge is -2.33. The minimum Gasteiger partial charge on any atom is -0.342 e. The molecule has 23 heavy (non-hydrogen) atoms. The Hall–Kier alpha value is -1.85. The van der Waals surface area contributed by atoms with Crippen LogP contribution in [0.5, 0.6) is 0 Å². The first-order chi connectivity index (χ1) is 11.1. The zero-order chi connectivity index (χ0) is 16.0. The van der Waals surface area contributed by atoms with Crippen molar-refractivity contribution in [2.45, 2.75) is 51.0 Å². The predicted octanol–water partition coefficient (Wildman–Crippen LogP) is 1.44. The number of hydrogen-bond acceptors (Lipinski definition) is 3. The van der Waals surface area contributed by atoms with Crippen LogP contribution in [0.3, 0.4) is 0 Å². The van der Waals surface area contributed by atoms with Gasteiger partial charge in [0.15, 0.2) is 0 Å². The highest BCUT2D eigenvalue weighted by molar-refractivity contribution is 5.89. The first-order valence-electron chi connectivity index (χ1n) is 8.72. The van der Waals surface area contributed by atoms with Gasteiger partial charge < -0.3 is 9.80 Å². The SMILES string of the molecule is Cc1cc([C@@H]2CCCN(C(=O)[C@H]3CC(=O)N(C4CC4)C3)C2)n[nH]1. The van der Waals surface area contributed by atoms with Crippen LogP contribution < -0.4 is 0 Å². The number of aryl methyl sites for hydroxylation is 1. The summed E-state index contributed by atoms with van der Waals surface area (Å²) in [6, 6.07) is 2.49.